The molecule has 5 rings (SSSR count). The highest BCUT2D eigenvalue weighted by molar-refractivity contribution is 7.92. The lowest BCUT2D eigenvalue weighted by molar-refractivity contribution is -0.142. The Morgan fingerprint density at radius 2 is 1.47 bits per heavy atom. The molecule has 0 aromatic heterocycles. The summed E-state index contributed by atoms with van der Waals surface area (Å²) in [4.78, 5) is 31.2. The van der Waals surface area contributed by atoms with Crippen molar-refractivity contribution < 1.29 is 36.3 Å². The van der Waals surface area contributed by atoms with Crippen molar-refractivity contribution in [2.45, 2.75) is 23.9 Å². The maximum absolute atomic E-state index is 13.9. The molecule has 1 heterocycles. The largest absolute Gasteiger partial charge is 0.484 e. The van der Waals surface area contributed by atoms with Crippen molar-refractivity contribution in [2.75, 3.05) is 50.7 Å². The first-order valence-corrected chi connectivity index (χ1v) is 17.3. The fourth-order valence-electron chi connectivity index (χ4n) is 5.30. The molecule has 0 unspecified atom stereocenters. The maximum atomic E-state index is 13.9. The van der Waals surface area contributed by atoms with Crippen LogP contribution in [0.25, 0.3) is 0 Å². The number of carbonyl (C=O) groups excluding carboxylic acids is 2. The summed E-state index contributed by atoms with van der Waals surface area (Å²) in [5.41, 5.74) is 1.67. The zero-order chi connectivity index (χ0) is 34.6. The molecule has 0 saturated carbocycles. The zero-order valence-corrected chi connectivity index (χ0v) is 27.6. The predicted octanol–water partition coefficient (Wildman–Crippen LogP) is 4.23. The van der Waals surface area contributed by atoms with Crippen molar-refractivity contribution in [1.29, 1.82) is 0 Å². The van der Waals surface area contributed by atoms with Gasteiger partial charge in [0.15, 0.2) is 6.61 Å². The van der Waals surface area contributed by atoms with Crippen molar-refractivity contribution >= 4 is 27.5 Å². The number of carbonyl (C=O) groups is 2. The highest BCUT2D eigenvalue weighted by atomic mass is 32.2. The van der Waals surface area contributed by atoms with Crippen molar-refractivity contribution in [2.24, 2.45) is 0 Å². The molecule has 1 saturated heterocycles. The van der Waals surface area contributed by atoms with E-state index < -0.39 is 40.2 Å². The summed E-state index contributed by atoms with van der Waals surface area (Å²) in [5, 5.41) is 3.00. The van der Waals surface area contributed by atoms with E-state index in [4.69, 9.17) is 9.47 Å². The van der Waals surface area contributed by atoms with E-state index in [0.29, 0.717) is 31.9 Å². The van der Waals surface area contributed by atoms with Crippen LogP contribution in [0.1, 0.15) is 11.1 Å². The van der Waals surface area contributed by atoms with Gasteiger partial charge in [0.1, 0.15) is 23.4 Å². The highest BCUT2D eigenvalue weighted by Gasteiger charge is 2.31. The molecule has 49 heavy (non-hydrogen) atoms. The molecule has 4 aromatic rings. The van der Waals surface area contributed by atoms with Gasteiger partial charge in [0.05, 0.1) is 18.1 Å². The average molecular weight is 693 g/mol. The third kappa shape index (κ3) is 10.6. The molecule has 0 spiro atoms. The van der Waals surface area contributed by atoms with Gasteiger partial charge >= 0.3 is 0 Å². The summed E-state index contributed by atoms with van der Waals surface area (Å²) >= 11 is 0. The molecule has 0 bridgehead atoms. The highest BCUT2D eigenvalue weighted by Crippen LogP contribution is 2.21. The Morgan fingerprint density at radius 3 is 2.12 bits per heavy atom. The average Bonchev–Trinajstić information content (AvgIpc) is 3.11. The first-order chi connectivity index (χ1) is 23.7. The van der Waals surface area contributed by atoms with Gasteiger partial charge in [-0.15, -0.1) is 0 Å². The Labute approximate surface area is 284 Å². The maximum Gasteiger partial charge on any atom is 0.261 e. The van der Waals surface area contributed by atoms with Gasteiger partial charge in [0.2, 0.25) is 5.91 Å². The van der Waals surface area contributed by atoms with Crippen molar-refractivity contribution in [1.82, 2.24) is 15.1 Å². The van der Waals surface area contributed by atoms with Gasteiger partial charge in [-0.2, -0.15) is 0 Å². The predicted molar refractivity (Wildman–Crippen MR) is 180 cm³/mol. The molecule has 2 N–H and O–H groups in total. The minimum Gasteiger partial charge on any atom is -0.484 e. The minimum atomic E-state index is -3.97. The molecule has 1 fully saturated rings. The smallest absolute Gasteiger partial charge is 0.261 e. The Morgan fingerprint density at radius 1 is 0.837 bits per heavy atom. The SMILES string of the molecule is O=C(NCCN1CCOCC1)[C@H](Cc1ccccc1)N(Cc1ccc(F)cc1)C(=O)COc1ccc(S(=O)(=O)Nc2ccc(F)cc2)cc1. The fraction of sp³-hybridized carbons (Fsp3) is 0.278. The summed E-state index contributed by atoms with van der Waals surface area (Å²) in [6, 6.07) is 24.5. The summed E-state index contributed by atoms with van der Waals surface area (Å²) < 4.78 is 66.2. The van der Waals surface area contributed by atoms with Crippen molar-refractivity contribution in [3.8, 4) is 5.75 Å². The van der Waals surface area contributed by atoms with Crippen molar-refractivity contribution in [3.63, 3.8) is 0 Å². The molecule has 1 aliphatic rings. The van der Waals surface area contributed by atoms with E-state index in [1.165, 1.54) is 53.4 Å². The van der Waals surface area contributed by atoms with Crippen LogP contribution in [0, 0.1) is 11.6 Å². The quantitative estimate of drug-likeness (QED) is 0.192. The fourth-order valence-corrected chi connectivity index (χ4v) is 6.35. The Kier molecular flexibility index (Phi) is 12.3. The number of sulfonamides is 1. The number of rotatable bonds is 15. The first-order valence-electron chi connectivity index (χ1n) is 15.8. The normalized spacial score (nSPS) is 14.1. The van der Waals surface area contributed by atoms with Gasteiger partial charge in [0, 0.05) is 44.8 Å². The number of benzene rings is 4. The Bertz CT molecular complexity index is 1770. The monoisotopic (exact) mass is 692 g/mol. The van der Waals surface area contributed by atoms with Gasteiger partial charge < -0.3 is 19.7 Å². The van der Waals surface area contributed by atoms with Crippen molar-refractivity contribution in [3.05, 3.63) is 126 Å². The number of ether oxygens (including phenoxy) is 2. The summed E-state index contributed by atoms with van der Waals surface area (Å²) in [6.07, 6.45) is 0.227. The lowest BCUT2D eigenvalue weighted by Gasteiger charge is -2.32. The van der Waals surface area contributed by atoms with Gasteiger partial charge in [-0.1, -0.05) is 42.5 Å². The van der Waals surface area contributed by atoms with Crippen LogP contribution in [0.2, 0.25) is 0 Å². The molecule has 0 radical (unpaired) electrons. The lowest BCUT2D eigenvalue weighted by atomic mass is 10.0. The van der Waals surface area contributed by atoms with Gasteiger partial charge in [0.25, 0.3) is 15.9 Å². The minimum absolute atomic E-state index is 0.0170. The molecule has 258 valence electrons. The number of nitrogens with one attached hydrogen (secondary N) is 2. The van der Waals surface area contributed by atoms with E-state index in [1.807, 2.05) is 30.3 Å². The third-order valence-corrected chi connectivity index (χ3v) is 9.36. The van der Waals surface area contributed by atoms with E-state index in [9.17, 15) is 26.8 Å². The topological polar surface area (TPSA) is 117 Å². The van der Waals surface area contributed by atoms with Crippen LogP contribution in [0.4, 0.5) is 14.5 Å². The van der Waals surface area contributed by atoms with Gasteiger partial charge in [-0.3, -0.25) is 19.2 Å². The van der Waals surface area contributed by atoms with E-state index >= 15 is 0 Å². The van der Waals surface area contributed by atoms with E-state index in [2.05, 4.69) is 14.9 Å². The molecular formula is C36H38F2N4O6S. The first kappa shape index (κ1) is 35.5. The number of amides is 2. The van der Waals surface area contributed by atoms with Crippen LogP contribution in [0.3, 0.4) is 0 Å². The number of anilines is 1. The Balaban J connectivity index is 1.31. The van der Waals surface area contributed by atoms with Crippen LogP contribution >= 0.6 is 0 Å². The van der Waals surface area contributed by atoms with E-state index in [0.717, 1.165) is 30.8 Å². The second kappa shape index (κ2) is 17.0. The summed E-state index contributed by atoms with van der Waals surface area (Å²) in [7, 11) is -3.97. The third-order valence-electron chi connectivity index (χ3n) is 7.96. The molecular weight excluding hydrogens is 654 g/mol. The lowest BCUT2D eigenvalue weighted by Crippen LogP contribution is -2.52. The number of hydrogen-bond acceptors (Lipinski definition) is 7. The van der Waals surface area contributed by atoms with Gasteiger partial charge in [-0.25, -0.2) is 17.2 Å². The number of nitrogens with zero attached hydrogens (tertiary/aromatic N) is 2. The van der Waals surface area contributed by atoms with Gasteiger partial charge in [-0.05, 0) is 71.8 Å². The van der Waals surface area contributed by atoms with Crippen LogP contribution in [-0.2, 0) is 37.3 Å². The molecule has 2 amide bonds. The van der Waals surface area contributed by atoms with E-state index in [-0.39, 0.29) is 35.2 Å². The zero-order valence-electron chi connectivity index (χ0n) is 26.8. The molecule has 1 aliphatic heterocycles. The molecule has 0 aliphatic carbocycles. The standard InChI is InChI=1S/C36H38F2N4O6S/c37-29-8-6-28(7-9-29)25-42(34(24-27-4-2-1-3-5-27)36(44)39-18-19-41-20-22-47-23-21-41)35(43)26-48-32-14-16-33(17-15-32)49(45,46)40-31-12-10-30(38)11-13-31/h1-17,34,40H,18-26H2,(H,39,44)/t34-/m0/s1. The number of morpholine rings is 1. The van der Waals surface area contributed by atoms with Crippen LogP contribution in [0.5, 0.6) is 5.75 Å². The molecule has 10 nitrogen and oxygen atoms in total. The molecule has 13 heteroatoms. The Hall–Kier alpha value is -4.85. The molecule has 4 aromatic carbocycles. The van der Waals surface area contributed by atoms with E-state index in [1.54, 1.807) is 12.1 Å². The molecule has 1 atom stereocenters. The second-order valence-corrected chi connectivity index (χ2v) is 13.2. The summed E-state index contributed by atoms with van der Waals surface area (Å²) in [6.45, 7) is 3.39. The van der Waals surface area contributed by atoms with Crippen LogP contribution in [-0.4, -0.2) is 82.1 Å². The van der Waals surface area contributed by atoms with Crippen LogP contribution < -0.4 is 14.8 Å². The summed E-state index contributed by atoms with van der Waals surface area (Å²) in [5.74, 6) is -1.53. The second-order valence-electron chi connectivity index (χ2n) is 11.5. The number of hydrogen-bond donors (Lipinski definition) is 2. The van der Waals surface area contributed by atoms with Crippen LogP contribution in [0.15, 0.2) is 108 Å². The number of halogens is 2.